The zero-order chi connectivity index (χ0) is 12.0. The molecule has 1 aliphatic rings. The van der Waals surface area contributed by atoms with Crippen molar-refractivity contribution in [3.63, 3.8) is 0 Å². The highest BCUT2D eigenvalue weighted by molar-refractivity contribution is 5.74. The van der Waals surface area contributed by atoms with Crippen LogP contribution in [0.4, 0.5) is 4.79 Å². The molecule has 0 aromatic rings. The molecular weight excluding hydrogens is 200 g/mol. The number of piperidine rings is 1. The second-order valence-electron chi connectivity index (χ2n) is 4.58. The molecule has 0 atom stereocenters. The van der Waals surface area contributed by atoms with Gasteiger partial charge in [-0.3, -0.25) is 0 Å². The van der Waals surface area contributed by atoms with Gasteiger partial charge < -0.3 is 9.80 Å². The van der Waals surface area contributed by atoms with Crippen LogP contribution in [0.15, 0.2) is 0 Å². The fraction of sp³-hybridized carbons (Fsp3) is 0.769. The predicted molar refractivity (Wildman–Crippen MR) is 66.1 cm³/mol. The summed E-state index contributed by atoms with van der Waals surface area (Å²) in [5, 5.41) is 0. The maximum Gasteiger partial charge on any atom is 0.320 e. The van der Waals surface area contributed by atoms with Crippen LogP contribution in [-0.2, 0) is 0 Å². The molecule has 1 rings (SSSR count). The maximum atomic E-state index is 12.1. The van der Waals surface area contributed by atoms with Gasteiger partial charge in [-0.05, 0) is 25.2 Å². The van der Waals surface area contributed by atoms with Gasteiger partial charge in [-0.1, -0.05) is 19.8 Å². The summed E-state index contributed by atoms with van der Waals surface area (Å²) < 4.78 is 0. The van der Waals surface area contributed by atoms with E-state index in [1.54, 1.807) is 4.90 Å². The van der Waals surface area contributed by atoms with Crippen molar-refractivity contribution in [1.29, 1.82) is 0 Å². The van der Waals surface area contributed by atoms with Crippen LogP contribution in [0.3, 0.4) is 0 Å². The van der Waals surface area contributed by atoms with E-state index in [-0.39, 0.29) is 6.03 Å². The largest absolute Gasteiger partial charge is 0.325 e. The van der Waals surface area contributed by atoms with Gasteiger partial charge in [-0.15, -0.1) is 6.42 Å². The van der Waals surface area contributed by atoms with Crippen LogP contribution in [0.2, 0.25) is 0 Å². The minimum Gasteiger partial charge on any atom is -0.325 e. The van der Waals surface area contributed by atoms with Crippen LogP contribution in [0.5, 0.6) is 0 Å². The van der Waals surface area contributed by atoms with E-state index in [9.17, 15) is 4.79 Å². The van der Waals surface area contributed by atoms with Gasteiger partial charge in [0.05, 0.1) is 6.54 Å². The zero-order valence-electron chi connectivity index (χ0n) is 10.4. The summed E-state index contributed by atoms with van der Waals surface area (Å²) in [6.45, 7) is 7.26. The van der Waals surface area contributed by atoms with Crippen LogP contribution < -0.4 is 0 Å². The third-order valence-corrected chi connectivity index (χ3v) is 3.10. The van der Waals surface area contributed by atoms with Crippen molar-refractivity contribution in [1.82, 2.24) is 9.80 Å². The van der Waals surface area contributed by atoms with E-state index in [4.69, 9.17) is 6.42 Å². The van der Waals surface area contributed by atoms with E-state index in [0.29, 0.717) is 6.54 Å². The van der Waals surface area contributed by atoms with Crippen molar-refractivity contribution in [2.45, 2.75) is 33.1 Å². The quantitative estimate of drug-likeness (QED) is 0.671. The number of carbonyl (C=O) groups excluding carboxylic acids is 1. The third-order valence-electron chi connectivity index (χ3n) is 3.10. The van der Waals surface area contributed by atoms with Gasteiger partial charge in [0.25, 0.3) is 0 Å². The minimum absolute atomic E-state index is 0.117. The Balaban J connectivity index is 2.50. The smallest absolute Gasteiger partial charge is 0.320 e. The lowest BCUT2D eigenvalue weighted by molar-refractivity contribution is 0.139. The van der Waals surface area contributed by atoms with E-state index in [2.05, 4.69) is 19.8 Å². The molecule has 0 radical (unpaired) electrons. The van der Waals surface area contributed by atoms with Gasteiger partial charge in [-0.25, -0.2) is 4.79 Å². The second kappa shape index (κ2) is 6.42. The van der Waals surface area contributed by atoms with E-state index in [1.165, 1.54) is 0 Å². The number of amides is 2. The Morgan fingerprint density at radius 1 is 1.50 bits per heavy atom. The Kier molecular flexibility index (Phi) is 5.18. The first kappa shape index (κ1) is 12.9. The summed E-state index contributed by atoms with van der Waals surface area (Å²) in [4.78, 5) is 15.9. The van der Waals surface area contributed by atoms with Crippen LogP contribution >= 0.6 is 0 Å². The Bertz CT molecular complexity index is 262. The molecule has 0 unspecified atom stereocenters. The first-order chi connectivity index (χ1) is 7.69. The molecule has 0 aliphatic carbocycles. The lowest BCUT2D eigenvalue weighted by atomic mass is 9.99. The van der Waals surface area contributed by atoms with Gasteiger partial charge in [0.2, 0.25) is 0 Å². The molecule has 90 valence electrons. The fourth-order valence-electron chi connectivity index (χ4n) is 2.02. The van der Waals surface area contributed by atoms with Crippen LogP contribution in [-0.4, -0.2) is 42.0 Å². The topological polar surface area (TPSA) is 23.6 Å². The number of carbonyl (C=O) groups is 1. The number of hydrogen-bond acceptors (Lipinski definition) is 1. The first-order valence-electron chi connectivity index (χ1n) is 6.16. The molecule has 0 bridgehead atoms. The molecule has 1 heterocycles. The molecule has 0 aromatic carbocycles. The van der Waals surface area contributed by atoms with Crippen molar-refractivity contribution in [2.24, 2.45) is 5.92 Å². The maximum absolute atomic E-state index is 12.1. The molecule has 3 nitrogen and oxygen atoms in total. The number of hydrogen-bond donors (Lipinski definition) is 0. The molecule has 3 heteroatoms. The summed E-state index contributed by atoms with van der Waals surface area (Å²) >= 11 is 0. The van der Waals surface area contributed by atoms with E-state index in [0.717, 1.165) is 44.8 Å². The zero-order valence-corrected chi connectivity index (χ0v) is 10.4. The molecule has 0 N–H and O–H groups in total. The third kappa shape index (κ3) is 3.44. The van der Waals surface area contributed by atoms with Crippen molar-refractivity contribution in [3.05, 3.63) is 0 Å². The average Bonchev–Trinajstić information content (AvgIpc) is 2.29. The first-order valence-corrected chi connectivity index (χ1v) is 6.16. The van der Waals surface area contributed by atoms with Crippen LogP contribution in [0, 0.1) is 18.3 Å². The molecule has 1 aliphatic heterocycles. The summed E-state index contributed by atoms with van der Waals surface area (Å²) in [7, 11) is 0. The molecule has 1 saturated heterocycles. The summed E-state index contributed by atoms with van der Waals surface area (Å²) in [6.07, 6.45) is 8.47. The molecule has 1 fully saturated rings. The van der Waals surface area contributed by atoms with E-state index in [1.807, 2.05) is 4.90 Å². The lowest BCUT2D eigenvalue weighted by Crippen LogP contribution is -2.46. The highest BCUT2D eigenvalue weighted by Crippen LogP contribution is 2.17. The SMILES string of the molecule is C#CCN(CCC)C(=O)N1CCC(C)CC1. The Morgan fingerprint density at radius 2 is 2.12 bits per heavy atom. The number of nitrogens with zero attached hydrogens (tertiary/aromatic N) is 2. The number of likely N-dealkylation sites (tertiary alicyclic amines) is 1. The van der Waals surface area contributed by atoms with Crippen LogP contribution in [0.1, 0.15) is 33.1 Å². The van der Waals surface area contributed by atoms with Crippen molar-refractivity contribution < 1.29 is 4.79 Å². The second-order valence-corrected chi connectivity index (χ2v) is 4.58. The summed E-state index contributed by atoms with van der Waals surface area (Å²) in [6, 6.07) is 0.117. The van der Waals surface area contributed by atoms with Crippen molar-refractivity contribution in [3.8, 4) is 12.3 Å². The average molecular weight is 222 g/mol. The molecule has 2 amide bonds. The molecule has 0 spiro atoms. The van der Waals surface area contributed by atoms with Gasteiger partial charge >= 0.3 is 6.03 Å². The van der Waals surface area contributed by atoms with Crippen molar-refractivity contribution in [2.75, 3.05) is 26.2 Å². The fourth-order valence-corrected chi connectivity index (χ4v) is 2.02. The van der Waals surface area contributed by atoms with Crippen LogP contribution in [0.25, 0.3) is 0 Å². The Hall–Kier alpha value is -1.17. The van der Waals surface area contributed by atoms with E-state index >= 15 is 0 Å². The van der Waals surface area contributed by atoms with E-state index < -0.39 is 0 Å². The highest BCUT2D eigenvalue weighted by Gasteiger charge is 2.23. The van der Waals surface area contributed by atoms with Gasteiger partial charge in [0.1, 0.15) is 0 Å². The summed E-state index contributed by atoms with van der Waals surface area (Å²) in [5.41, 5.74) is 0. The van der Waals surface area contributed by atoms with Gasteiger partial charge in [-0.2, -0.15) is 0 Å². The summed E-state index contributed by atoms with van der Waals surface area (Å²) in [5.74, 6) is 3.31. The Labute approximate surface area is 98.8 Å². The Morgan fingerprint density at radius 3 is 2.62 bits per heavy atom. The predicted octanol–water partition coefficient (Wildman–Crippen LogP) is 2.18. The normalized spacial score (nSPS) is 16.9. The molecule has 0 saturated carbocycles. The highest BCUT2D eigenvalue weighted by atomic mass is 16.2. The van der Waals surface area contributed by atoms with Crippen molar-refractivity contribution >= 4 is 6.03 Å². The standard InChI is InChI=1S/C13H22N2O/c1-4-8-14(9-5-2)13(16)15-10-6-12(3)7-11-15/h1,12H,5-11H2,2-3H3. The van der Waals surface area contributed by atoms with Gasteiger partial charge in [0, 0.05) is 19.6 Å². The monoisotopic (exact) mass is 222 g/mol. The molecule has 0 aromatic heterocycles. The molecule has 16 heavy (non-hydrogen) atoms. The minimum atomic E-state index is 0.117. The number of urea groups is 1. The lowest BCUT2D eigenvalue weighted by Gasteiger charge is -2.34. The number of rotatable bonds is 3. The van der Waals surface area contributed by atoms with Gasteiger partial charge in [0.15, 0.2) is 0 Å². The molecular formula is C13H22N2O. The number of terminal acetylenes is 1.